The van der Waals surface area contributed by atoms with Crippen LogP contribution in [0.15, 0.2) is 12.2 Å². The molecule has 0 radical (unpaired) electrons. The van der Waals surface area contributed by atoms with Gasteiger partial charge in [-0.2, -0.15) is 0 Å². The Hall–Kier alpha value is 0.0300. The van der Waals surface area contributed by atoms with Crippen LogP contribution in [0.4, 0.5) is 0 Å². The molecule has 0 saturated heterocycles. The molecule has 0 rings (SSSR count). The van der Waals surface area contributed by atoms with Crippen LogP contribution in [0.2, 0.25) is 0 Å². The topological polar surface area (TPSA) is 0 Å². The van der Waals surface area contributed by atoms with Crippen molar-refractivity contribution in [3.8, 4) is 9.85 Å². The molecule has 0 aliphatic heterocycles. The highest BCUT2D eigenvalue weighted by Crippen LogP contribution is 1.71. The van der Waals surface area contributed by atoms with E-state index in [4.69, 9.17) is 0 Å². The molecule has 0 aliphatic carbocycles. The van der Waals surface area contributed by atoms with E-state index in [1.165, 1.54) is 0 Å². The second-order valence-corrected chi connectivity index (χ2v) is 1.28. The molecule has 0 N–H and O–H groups in total. The van der Waals surface area contributed by atoms with E-state index in [1.54, 1.807) is 0 Å². The molecule has 0 bridgehead atoms. The maximum Gasteiger partial charge on any atom is 0.0185 e. The van der Waals surface area contributed by atoms with Gasteiger partial charge >= 0.3 is 0 Å². The first-order chi connectivity index (χ1) is 2.91. The Morgan fingerprint density at radius 1 is 1.67 bits per heavy atom. The SMILES string of the molecule is C/C=C/C#CI. The molecule has 6 heavy (non-hydrogen) atoms. The first-order valence-electron chi connectivity index (χ1n) is 1.64. The van der Waals surface area contributed by atoms with Crippen LogP contribution in [0.3, 0.4) is 0 Å². The van der Waals surface area contributed by atoms with Crippen LogP contribution >= 0.6 is 22.6 Å². The first-order valence-corrected chi connectivity index (χ1v) is 2.72. The van der Waals surface area contributed by atoms with Crippen molar-refractivity contribution in [1.82, 2.24) is 0 Å². The van der Waals surface area contributed by atoms with E-state index in [0.29, 0.717) is 0 Å². The zero-order valence-corrected chi connectivity index (χ0v) is 5.69. The molecule has 0 nitrogen and oxygen atoms in total. The van der Waals surface area contributed by atoms with Crippen molar-refractivity contribution in [2.45, 2.75) is 6.92 Å². The predicted molar refractivity (Wildman–Crippen MR) is 36.6 cm³/mol. The van der Waals surface area contributed by atoms with Gasteiger partial charge in [0.2, 0.25) is 0 Å². The maximum atomic E-state index is 2.75. The smallest absolute Gasteiger partial charge is 0.0185 e. The van der Waals surface area contributed by atoms with Gasteiger partial charge in [-0.3, -0.25) is 0 Å². The Bertz CT molecular complexity index is 92.2. The minimum absolute atomic E-state index is 1.81. The van der Waals surface area contributed by atoms with Crippen molar-refractivity contribution in [3.05, 3.63) is 12.2 Å². The van der Waals surface area contributed by atoms with Crippen molar-refractivity contribution in [2.75, 3.05) is 0 Å². The van der Waals surface area contributed by atoms with Gasteiger partial charge in [0.05, 0.1) is 0 Å². The third-order valence-electron chi connectivity index (χ3n) is 0.305. The van der Waals surface area contributed by atoms with Gasteiger partial charge in [0, 0.05) is 22.6 Å². The molecule has 32 valence electrons. The van der Waals surface area contributed by atoms with Crippen molar-refractivity contribution in [3.63, 3.8) is 0 Å². The van der Waals surface area contributed by atoms with Gasteiger partial charge in [0.15, 0.2) is 0 Å². The summed E-state index contributed by atoms with van der Waals surface area (Å²) in [4.78, 5) is 0. The highest BCUT2D eigenvalue weighted by molar-refractivity contribution is 14.1. The van der Waals surface area contributed by atoms with E-state index in [2.05, 4.69) is 9.85 Å². The summed E-state index contributed by atoms with van der Waals surface area (Å²) < 4.78 is 2.70. The van der Waals surface area contributed by atoms with Gasteiger partial charge in [-0.15, -0.1) is 0 Å². The Labute approximate surface area is 51.8 Å². The fourth-order valence-corrected chi connectivity index (χ4v) is 0.295. The highest BCUT2D eigenvalue weighted by atomic mass is 127. The number of rotatable bonds is 0. The molecule has 0 amide bonds. The molecule has 0 aliphatic rings. The Morgan fingerprint density at radius 2 is 2.33 bits per heavy atom. The minimum atomic E-state index is 1.81. The number of hydrogen-bond acceptors (Lipinski definition) is 0. The highest BCUT2D eigenvalue weighted by Gasteiger charge is 1.46. The largest absolute Gasteiger partial charge is 0.0793 e. The Kier molecular flexibility index (Phi) is 5.06. The minimum Gasteiger partial charge on any atom is -0.0793 e. The summed E-state index contributed by atoms with van der Waals surface area (Å²) in [6.07, 6.45) is 3.72. The summed E-state index contributed by atoms with van der Waals surface area (Å²) in [5.74, 6) is 2.75. The Morgan fingerprint density at radius 3 is 2.50 bits per heavy atom. The summed E-state index contributed by atoms with van der Waals surface area (Å²) in [5, 5.41) is 0. The van der Waals surface area contributed by atoms with Crippen LogP contribution in [0, 0.1) is 9.85 Å². The number of allylic oxidation sites excluding steroid dienone is 2. The monoisotopic (exact) mass is 192 g/mol. The lowest BCUT2D eigenvalue weighted by Crippen LogP contribution is -1.38. The van der Waals surface area contributed by atoms with Gasteiger partial charge in [0.25, 0.3) is 0 Å². The van der Waals surface area contributed by atoms with Gasteiger partial charge < -0.3 is 0 Å². The molecule has 0 saturated carbocycles. The van der Waals surface area contributed by atoms with Gasteiger partial charge in [-0.05, 0) is 16.9 Å². The van der Waals surface area contributed by atoms with Crippen LogP contribution in [0.5, 0.6) is 0 Å². The molecule has 0 fully saturated rings. The van der Waals surface area contributed by atoms with E-state index in [1.807, 2.05) is 41.7 Å². The summed E-state index contributed by atoms with van der Waals surface area (Å²) in [6.45, 7) is 1.95. The molecular formula is C5H5I. The summed E-state index contributed by atoms with van der Waals surface area (Å²) in [7, 11) is 0. The zero-order chi connectivity index (χ0) is 4.83. The average Bonchev–Trinajstić information content (AvgIpc) is 1.61. The third-order valence-corrected chi connectivity index (χ3v) is 0.616. The average molecular weight is 192 g/mol. The predicted octanol–water partition coefficient (Wildman–Crippen LogP) is 1.96. The normalized spacial score (nSPS) is 7.67. The molecule has 0 atom stereocenters. The molecular weight excluding hydrogens is 187 g/mol. The number of halogens is 1. The summed E-state index contributed by atoms with van der Waals surface area (Å²) in [6, 6.07) is 0. The Balaban J connectivity index is 3.24. The summed E-state index contributed by atoms with van der Waals surface area (Å²) in [5.41, 5.74) is 0. The quantitative estimate of drug-likeness (QED) is 0.406. The van der Waals surface area contributed by atoms with Crippen LogP contribution in [0.25, 0.3) is 0 Å². The van der Waals surface area contributed by atoms with Crippen LogP contribution in [0.1, 0.15) is 6.92 Å². The fraction of sp³-hybridized carbons (Fsp3) is 0.200. The third kappa shape index (κ3) is 4.03. The molecule has 0 aromatic heterocycles. The van der Waals surface area contributed by atoms with Crippen LogP contribution < -0.4 is 0 Å². The fourth-order valence-electron chi connectivity index (χ4n) is 0.115. The molecule has 1 heteroatoms. The second kappa shape index (κ2) is 5.03. The van der Waals surface area contributed by atoms with Crippen LogP contribution in [-0.4, -0.2) is 0 Å². The zero-order valence-electron chi connectivity index (χ0n) is 3.53. The van der Waals surface area contributed by atoms with E-state index in [0.717, 1.165) is 0 Å². The van der Waals surface area contributed by atoms with Crippen molar-refractivity contribution in [1.29, 1.82) is 0 Å². The maximum absolute atomic E-state index is 2.75. The van der Waals surface area contributed by atoms with Gasteiger partial charge in [-0.1, -0.05) is 12.0 Å². The summed E-state index contributed by atoms with van der Waals surface area (Å²) >= 11 is 2.00. The molecule has 0 heterocycles. The molecule has 0 spiro atoms. The first kappa shape index (κ1) is 6.03. The number of hydrogen-bond donors (Lipinski definition) is 0. The van der Waals surface area contributed by atoms with Crippen LogP contribution in [-0.2, 0) is 0 Å². The van der Waals surface area contributed by atoms with Gasteiger partial charge in [0.1, 0.15) is 0 Å². The van der Waals surface area contributed by atoms with E-state index >= 15 is 0 Å². The lowest BCUT2D eigenvalue weighted by atomic mass is 10.6. The van der Waals surface area contributed by atoms with E-state index < -0.39 is 0 Å². The van der Waals surface area contributed by atoms with Crippen molar-refractivity contribution in [2.24, 2.45) is 0 Å². The van der Waals surface area contributed by atoms with E-state index in [-0.39, 0.29) is 0 Å². The van der Waals surface area contributed by atoms with E-state index in [9.17, 15) is 0 Å². The lowest BCUT2D eigenvalue weighted by molar-refractivity contribution is 1.76. The van der Waals surface area contributed by atoms with Crippen molar-refractivity contribution >= 4 is 22.6 Å². The van der Waals surface area contributed by atoms with Gasteiger partial charge in [-0.25, -0.2) is 0 Å². The van der Waals surface area contributed by atoms with Crippen molar-refractivity contribution < 1.29 is 0 Å². The molecule has 0 unspecified atom stereocenters. The molecule has 0 aromatic rings. The lowest BCUT2D eigenvalue weighted by Gasteiger charge is -1.55. The molecule has 0 aromatic carbocycles. The second-order valence-electron chi connectivity index (χ2n) is 0.739. The standard InChI is InChI=1S/C5H5I/c1-2-3-4-5-6/h2-3H,1H3/b3-2+.